The molecule has 3 aromatic rings. The monoisotopic (exact) mass is 387 g/mol. The van der Waals surface area contributed by atoms with Crippen molar-refractivity contribution in [3.63, 3.8) is 0 Å². The van der Waals surface area contributed by atoms with E-state index in [-0.39, 0.29) is 5.69 Å². The molecule has 6 heteroatoms. The molecule has 0 aliphatic heterocycles. The summed E-state index contributed by atoms with van der Waals surface area (Å²) in [5.74, 6) is 0. The summed E-state index contributed by atoms with van der Waals surface area (Å²) in [6, 6.07) is 14.6. The standard InChI is InChI=1S/C22H17N3O2S/c1-15-6-11-20(16(2)12-15)21-14-28-22(24-21)18(13-23)5-3-4-17-7-9-19(10-8-17)25(26)27/h3-12,14H,1-2H3/b4-3+,18-5+. The van der Waals surface area contributed by atoms with Crippen LogP contribution in [0.4, 0.5) is 5.69 Å². The summed E-state index contributed by atoms with van der Waals surface area (Å²) in [7, 11) is 0. The van der Waals surface area contributed by atoms with Crippen molar-refractivity contribution in [3.8, 4) is 17.3 Å². The zero-order chi connectivity index (χ0) is 20.1. The number of benzene rings is 2. The van der Waals surface area contributed by atoms with Crippen molar-refractivity contribution in [2.75, 3.05) is 0 Å². The van der Waals surface area contributed by atoms with Gasteiger partial charge in [0.15, 0.2) is 0 Å². The minimum absolute atomic E-state index is 0.0483. The van der Waals surface area contributed by atoms with Gasteiger partial charge in [-0.3, -0.25) is 10.1 Å². The first-order chi connectivity index (χ1) is 13.5. The number of thiazole rings is 1. The summed E-state index contributed by atoms with van der Waals surface area (Å²) < 4.78 is 0. The number of nitrogens with zero attached hydrogens (tertiary/aromatic N) is 3. The van der Waals surface area contributed by atoms with Gasteiger partial charge in [-0.25, -0.2) is 4.98 Å². The van der Waals surface area contributed by atoms with E-state index in [0.29, 0.717) is 10.6 Å². The van der Waals surface area contributed by atoms with Gasteiger partial charge in [0.05, 0.1) is 16.2 Å². The molecule has 1 heterocycles. The first-order valence-electron chi connectivity index (χ1n) is 8.54. The van der Waals surface area contributed by atoms with E-state index in [4.69, 9.17) is 0 Å². The number of nitro benzene ring substituents is 1. The van der Waals surface area contributed by atoms with Gasteiger partial charge in [0.1, 0.15) is 11.1 Å². The maximum absolute atomic E-state index is 10.7. The molecule has 1 aromatic heterocycles. The Morgan fingerprint density at radius 3 is 2.61 bits per heavy atom. The predicted octanol–water partition coefficient (Wildman–Crippen LogP) is 5.96. The molecule has 5 nitrogen and oxygen atoms in total. The summed E-state index contributed by atoms with van der Waals surface area (Å²) in [6.45, 7) is 4.10. The highest BCUT2D eigenvalue weighted by Crippen LogP contribution is 2.28. The molecule has 0 bridgehead atoms. The van der Waals surface area contributed by atoms with Gasteiger partial charge in [-0.05, 0) is 43.2 Å². The number of nitriles is 1. The largest absolute Gasteiger partial charge is 0.269 e. The Hall–Kier alpha value is -3.56. The second kappa shape index (κ2) is 8.42. The van der Waals surface area contributed by atoms with E-state index in [1.165, 1.54) is 29.0 Å². The van der Waals surface area contributed by atoms with Crippen LogP contribution in [0.25, 0.3) is 22.9 Å². The van der Waals surface area contributed by atoms with Crippen LogP contribution in [-0.4, -0.2) is 9.91 Å². The molecule has 0 atom stereocenters. The molecule has 3 rings (SSSR count). The quantitative estimate of drug-likeness (QED) is 0.234. The second-order valence-electron chi connectivity index (χ2n) is 6.26. The lowest BCUT2D eigenvalue weighted by Gasteiger charge is -2.03. The van der Waals surface area contributed by atoms with Crippen LogP contribution in [-0.2, 0) is 0 Å². The number of rotatable bonds is 5. The lowest BCUT2D eigenvalue weighted by molar-refractivity contribution is -0.384. The molecule has 0 spiro atoms. The number of allylic oxidation sites excluding steroid dienone is 3. The number of nitro groups is 1. The van der Waals surface area contributed by atoms with E-state index in [1.54, 1.807) is 30.4 Å². The third-order valence-corrected chi connectivity index (χ3v) is 5.04. The summed E-state index contributed by atoms with van der Waals surface area (Å²) in [5.41, 5.74) is 5.61. The number of hydrogen-bond donors (Lipinski definition) is 0. The molecule has 2 aromatic carbocycles. The van der Waals surface area contributed by atoms with E-state index < -0.39 is 4.92 Å². The van der Waals surface area contributed by atoms with Crippen LogP contribution >= 0.6 is 11.3 Å². The minimum atomic E-state index is -0.434. The molecule has 0 N–H and O–H groups in total. The number of aryl methyl sites for hydroxylation is 2. The topological polar surface area (TPSA) is 79.8 Å². The normalized spacial score (nSPS) is 11.5. The lowest BCUT2D eigenvalue weighted by Crippen LogP contribution is -1.86. The summed E-state index contributed by atoms with van der Waals surface area (Å²) in [6.07, 6.45) is 5.24. The third-order valence-electron chi connectivity index (χ3n) is 4.17. The average molecular weight is 387 g/mol. The molecule has 0 amide bonds. The zero-order valence-electron chi connectivity index (χ0n) is 15.4. The van der Waals surface area contributed by atoms with Gasteiger partial charge in [0.2, 0.25) is 0 Å². The molecular weight excluding hydrogens is 370 g/mol. The third kappa shape index (κ3) is 4.40. The van der Waals surface area contributed by atoms with E-state index in [2.05, 4.69) is 37.0 Å². The van der Waals surface area contributed by atoms with Gasteiger partial charge in [0.25, 0.3) is 5.69 Å². The highest BCUT2D eigenvalue weighted by Gasteiger charge is 2.10. The SMILES string of the molecule is Cc1ccc(-c2csc(/C(C#N)=C/C=C/c3ccc([N+](=O)[O-])cc3)n2)c(C)c1. The van der Waals surface area contributed by atoms with Crippen molar-refractivity contribution >= 4 is 28.7 Å². The predicted molar refractivity (Wildman–Crippen MR) is 113 cm³/mol. The van der Waals surface area contributed by atoms with Crippen LogP contribution in [0, 0.1) is 35.3 Å². The van der Waals surface area contributed by atoms with Gasteiger partial charge < -0.3 is 0 Å². The van der Waals surface area contributed by atoms with Crippen molar-refractivity contribution in [2.45, 2.75) is 13.8 Å². The van der Waals surface area contributed by atoms with E-state index in [1.807, 2.05) is 11.4 Å². The number of aromatic nitrogens is 1. The number of hydrogen-bond acceptors (Lipinski definition) is 5. The van der Waals surface area contributed by atoms with Crippen LogP contribution < -0.4 is 0 Å². The van der Waals surface area contributed by atoms with Gasteiger partial charge in [-0.2, -0.15) is 5.26 Å². The molecule has 28 heavy (non-hydrogen) atoms. The van der Waals surface area contributed by atoms with Crippen LogP contribution in [0.15, 0.2) is 60.0 Å². The van der Waals surface area contributed by atoms with Gasteiger partial charge in [-0.15, -0.1) is 11.3 Å². The molecule has 0 saturated carbocycles. The van der Waals surface area contributed by atoms with E-state index in [0.717, 1.165) is 22.4 Å². The van der Waals surface area contributed by atoms with Crippen LogP contribution in [0.2, 0.25) is 0 Å². The Morgan fingerprint density at radius 1 is 1.21 bits per heavy atom. The van der Waals surface area contributed by atoms with E-state index in [9.17, 15) is 15.4 Å². The van der Waals surface area contributed by atoms with Crippen molar-refractivity contribution in [2.24, 2.45) is 0 Å². The fourth-order valence-electron chi connectivity index (χ4n) is 2.74. The molecule has 0 saturated heterocycles. The Kier molecular flexibility index (Phi) is 5.78. The van der Waals surface area contributed by atoms with E-state index >= 15 is 0 Å². The maximum Gasteiger partial charge on any atom is 0.269 e. The first-order valence-corrected chi connectivity index (χ1v) is 9.42. The van der Waals surface area contributed by atoms with Crippen LogP contribution in [0.3, 0.4) is 0 Å². The van der Waals surface area contributed by atoms with Crippen molar-refractivity contribution in [1.82, 2.24) is 4.98 Å². The Balaban J connectivity index is 1.81. The van der Waals surface area contributed by atoms with Gasteiger partial charge in [0, 0.05) is 23.1 Å². The van der Waals surface area contributed by atoms with Crippen molar-refractivity contribution in [3.05, 3.63) is 91.8 Å². The fourth-order valence-corrected chi connectivity index (χ4v) is 3.54. The molecule has 138 valence electrons. The Labute approximate surface area is 167 Å². The maximum atomic E-state index is 10.7. The smallest absolute Gasteiger partial charge is 0.258 e. The highest BCUT2D eigenvalue weighted by atomic mass is 32.1. The summed E-state index contributed by atoms with van der Waals surface area (Å²) in [4.78, 5) is 14.9. The van der Waals surface area contributed by atoms with Crippen molar-refractivity contribution in [1.29, 1.82) is 5.26 Å². The summed E-state index contributed by atoms with van der Waals surface area (Å²) >= 11 is 1.43. The molecule has 0 aliphatic rings. The lowest BCUT2D eigenvalue weighted by atomic mass is 10.0. The highest BCUT2D eigenvalue weighted by molar-refractivity contribution is 7.11. The van der Waals surface area contributed by atoms with Crippen molar-refractivity contribution < 1.29 is 4.92 Å². The summed E-state index contributed by atoms with van der Waals surface area (Å²) in [5, 5.41) is 22.8. The van der Waals surface area contributed by atoms with Crippen LogP contribution in [0.5, 0.6) is 0 Å². The fraction of sp³-hybridized carbons (Fsp3) is 0.0909. The van der Waals surface area contributed by atoms with Gasteiger partial charge in [-0.1, -0.05) is 35.9 Å². The second-order valence-corrected chi connectivity index (χ2v) is 7.11. The first kappa shape index (κ1) is 19.2. The Bertz CT molecular complexity index is 1120. The molecule has 0 radical (unpaired) electrons. The molecular formula is C22H17N3O2S. The molecule has 0 unspecified atom stereocenters. The number of non-ortho nitro benzene ring substituents is 1. The average Bonchev–Trinajstić information content (AvgIpc) is 3.15. The van der Waals surface area contributed by atoms with Crippen LogP contribution in [0.1, 0.15) is 21.7 Å². The molecule has 0 fully saturated rings. The van der Waals surface area contributed by atoms with Gasteiger partial charge >= 0.3 is 0 Å². The Morgan fingerprint density at radius 2 is 1.96 bits per heavy atom. The zero-order valence-corrected chi connectivity index (χ0v) is 16.2. The molecule has 0 aliphatic carbocycles. The minimum Gasteiger partial charge on any atom is -0.258 e.